The zero-order chi connectivity index (χ0) is 12.8. The van der Waals surface area contributed by atoms with E-state index >= 15 is 0 Å². The number of methoxy groups -OCH3 is 1. The molecular weight excluding hydrogens is 236 g/mol. The normalized spacial score (nSPS) is 14.3. The quantitative estimate of drug-likeness (QED) is 0.729. The first-order valence-electron chi connectivity index (χ1n) is 5.53. The minimum Gasteiger partial charge on any atom is -0.384 e. The summed E-state index contributed by atoms with van der Waals surface area (Å²) in [6.45, 7) is 4.08. The van der Waals surface area contributed by atoms with Crippen molar-refractivity contribution in [2.75, 3.05) is 19.5 Å². The molecule has 0 saturated heterocycles. The summed E-state index contributed by atoms with van der Waals surface area (Å²) in [5.74, 6) is 0.328. The molecule has 1 aromatic rings. The van der Waals surface area contributed by atoms with Crippen molar-refractivity contribution in [2.24, 2.45) is 0 Å². The van der Waals surface area contributed by atoms with Crippen LogP contribution in [-0.4, -0.2) is 34.7 Å². The van der Waals surface area contributed by atoms with Crippen molar-refractivity contribution < 1.29 is 13.7 Å². The summed E-state index contributed by atoms with van der Waals surface area (Å²) < 4.78 is 16.7. The Morgan fingerprint density at radius 2 is 1.94 bits per heavy atom. The van der Waals surface area contributed by atoms with Crippen LogP contribution in [0.4, 0.5) is 0 Å². The molecule has 0 radical (unpaired) electrons. The minimum absolute atomic E-state index is 0.0700. The van der Waals surface area contributed by atoms with Gasteiger partial charge in [-0.15, -0.1) is 0 Å². The molecule has 1 rings (SSSR count). The van der Waals surface area contributed by atoms with Crippen molar-refractivity contribution in [3.8, 4) is 0 Å². The number of hydrogen-bond donors (Lipinski definition) is 0. The highest BCUT2D eigenvalue weighted by molar-refractivity contribution is 7.86. The summed E-state index contributed by atoms with van der Waals surface area (Å²) in [6.07, 6.45) is 0. The molecule has 0 spiro atoms. The van der Waals surface area contributed by atoms with Crippen LogP contribution in [-0.2, 0) is 15.5 Å². The molecule has 0 bridgehead atoms. The molecule has 0 N–H and O–H groups in total. The van der Waals surface area contributed by atoms with Crippen molar-refractivity contribution >= 4 is 16.6 Å². The van der Waals surface area contributed by atoms with E-state index in [2.05, 4.69) is 0 Å². The number of hydrogen-bond acceptors (Lipinski definition) is 3. The summed E-state index contributed by atoms with van der Waals surface area (Å²) >= 11 is 0. The predicted octanol–water partition coefficient (Wildman–Crippen LogP) is 1.96. The van der Waals surface area contributed by atoms with Crippen LogP contribution in [0.25, 0.3) is 0 Å². The molecule has 0 aliphatic rings. The zero-order valence-corrected chi connectivity index (χ0v) is 11.3. The number of ketones is 1. The van der Waals surface area contributed by atoms with Gasteiger partial charge in [-0.05, 0) is 13.8 Å². The van der Waals surface area contributed by atoms with E-state index < -0.39 is 16.0 Å². The van der Waals surface area contributed by atoms with Gasteiger partial charge in [0.2, 0.25) is 0 Å². The Labute approximate surface area is 105 Å². The van der Waals surface area contributed by atoms with Crippen molar-refractivity contribution in [2.45, 2.75) is 19.1 Å². The van der Waals surface area contributed by atoms with Crippen molar-refractivity contribution in [1.82, 2.24) is 0 Å². The average molecular weight is 254 g/mol. The largest absolute Gasteiger partial charge is 0.384 e. The highest BCUT2D eigenvalue weighted by Crippen LogP contribution is 2.10. The van der Waals surface area contributed by atoms with Gasteiger partial charge in [0.15, 0.2) is 5.78 Å². The van der Waals surface area contributed by atoms with Crippen LogP contribution in [0.15, 0.2) is 24.3 Å². The molecule has 0 aliphatic heterocycles. The lowest BCUT2D eigenvalue weighted by Gasteiger charge is -2.10. The maximum atomic E-state index is 12.0. The Kier molecular flexibility index (Phi) is 5.51. The van der Waals surface area contributed by atoms with Crippen LogP contribution >= 0.6 is 0 Å². The second-order valence-corrected chi connectivity index (χ2v) is 5.83. The average Bonchev–Trinajstić information content (AvgIpc) is 2.35. The van der Waals surface area contributed by atoms with E-state index in [0.717, 1.165) is 5.56 Å². The first kappa shape index (κ1) is 14.1. The van der Waals surface area contributed by atoms with Crippen molar-refractivity contribution in [3.05, 3.63) is 35.4 Å². The Morgan fingerprint density at radius 3 is 2.47 bits per heavy atom. The Balaban J connectivity index is 2.69. The van der Waals surface area contributed by atoms with Gasteiger partial charge in [-0.2, -0.15) is 0 Å². The lowest BCUT2D eigenvalue weighted by Crippen LogP contribution is -2.25. The van der Waals surface area contributed by atoms with Crippen LogP contribution in [0.3, 0.4) is 0 Å². The van der Waals surface area contributed by atoms with Gasteiger partial charge in [-0.25, -0.2) is 0 Å². The topological polar surface area (TPSA) is 43.4 Å². The number of carbonyl (C=O) groups excluding carboxylic acids is 1. The molecule has 94 valence electrons. The number of aryl methyl sites for hydroxylation is 1. The SMILES string of the molecule is COCCS(=O)C(C)C(=O)c1ccc(C)cc1. The molecule has 17 heavy (non-hydrogen) atoms. The van der Waals surface area contributed by atoms with Gasteiger partial charge in [0.1, 0.15) is 0 Å². The lowest BCUT2D eigenvalue weighted by molar-refractivity contribution is 0.0992. The summed E-state index contributed by atoms with van der Waals surface area (Å²) in [4.78, 5) is 12.0. The number of ether oxygens (including phenoxy) is 1. The predicted molar refractivity (Wildman–Crippen MR) is 69.9 cm³/mol. The summed E-state index contributed by atoms with van der Waals surface area (Å²) in [5, 5.41) is -0.479. The van der Waals surface area contributed by atoms with E-state index in [4.69, 9.17) is 4.74 Å². The van der Waals surface area contributed by atoms with Gasteiger partial charge in [0, 0.05) is 29.2 Å². The fourth-order valence-corrected chi connectivity index (χ4v) is 2.47. The molecule has 0 aliphatic carbocycles. The molecule has 2 unspecified atom stereocenters. The summed E-state index contributed by atoms with van der Waals surface area (Å²) in [6, 6.07) is 7.33. The van der Waals surface area contributed by atoms with Gasteiger partial charge in [-0.3, -0.25) is 9.00 Å². The number of Topliss-reactive ketones (excluding diaryl/α,β-unsaturated/α-hetero) is 1. The first-order valence-corrected chi connectivity index (χ1v) is 6.91. The fourth-order valence-electron chi connectivity index (χ4n) is 1.41. The second-order valence-electron chi connectivity index (χ2n) is 3.95. The monoisotopic (exact) mass is 254 g/mol. The molecule has 1 aromatic carbocycles. The van der Waals surface area contributed by atoms with Gasteiger partial charge >= 0.3 is 0 Å². The van der Waals surface area contributed by atoms with E-state index in [-0.39, 0.29) is 5.78 Å². The van der Waals surface area contributed by atoms with Crippen molar-refractivity contribution in [3.63, 3.8) is 0 Å². The Hall–Kier alpha value is -1.00. The third-order valence-corrected chi connectivity index (χ3v) is 4.16. The van der Waals surface area contributed by atoms with Crippen LogP contribution in [0.5, 0.6) is 0 Å². The zero-order valence-electron chi connectivity index (χ0n) is 10.4. The molecule has 0 fully saturated rings. The first-order chi connectivity index (χ1) is 8.06. The molecule has 0 aromatic heterocycles. The molecular formula is C13H18O3S. The Morgan fingerprint density at radius 1 is 1.35 bits per heavy atom. The minimum atomic E-state index is -1.18. The van der Waals surface area contributed by atoms with Gasteiger partial charge in [0.25, 0.3) is 0 Å². The maximum absolute atomic E-state index is 12.0. The van der Waals surface area contributed by atoms with Gasteiger partial charge in [-0.1, -0.05) is 29.8 Å². The number of carbonyl (C=O) groups is 1. The molecule has 0 saturated carbocycles. The Bertz CT molecular complexity index is 398. The van der Waals surface area contributed by atoms with E-state index in [0.29, 0.717) is 17.9 Å². The lowest BCUT2D eigenvalue weighted by atomic mass is 10.1. The fraction of sp³-hybridized carbons (Fsp3) is 0.462. The van der Waals surface area contributed by atoms with E-state index in [9.17, 15) is 9.00 Å². The molecule has 0 amide bonds. The van der Waals surface area contributed by atoms with Gasteiger partial charge in [0.05, 0.1) is 11.9 Å². The van der Waals surface area contributed by atoms with E-state index in [1.54, 1.807) is 26.2 Å². The van der Waals surface area contributed by atoms with Crippen LogP contribution in [0.1, 0.15) is 22.8 Å². The molecule has 0 heterocycles. The maximum Gasteiger partial charge on any atom is 0.178 e. The molecule has 3 nitrogen and oxygen atoms in total. The number of rotatable bonds is 6. The second kappa shape index (κ2) is 6.67. The summed E-state index contributed by atoms with van der Waals surface area (Å²) in [7, 11) is 0.384. The highest BCUT2D eigenvalue weighted by Gasteiger charge is 2.20. The summed E-state index contributed by atoms with van der Waals surface area (Å²) in [5.41, 5.74) is 1.73. The van der Waals surface area contributed by atoms with Crippen LogP contribution in [0.2, 0.25) is 0 Å². The van der Waals surface area contributed by atoms with Crippen LogP contribution in [0, 0.1) is 6.92 Å². The standard InChI is InChI=1S/C13H18O3S/c1-10-4-6-12(7-5-10)13(14)11(2)17(15)9-8-16-3/h4-7,11H,8-9H2,1-3H3. The van der Waals surface area contributed by atoms with Gasteiger partial charge < -0.3 is 4.74 Å². The molecule has 2 atom stereocenters. The molecule has 4 heteroatoms. The highest BCUT2D eigenvalue weighted by atomic mass is 32.2. The smallest absolute Gasteiger partial charge is 0.178 e. The van der Waals surface area contributed by atoms with Crippen molar-refractivity contribution in [1.29, 1.82) is 0 Å². The van der Waals surface area contributed by atoms with E-state index in [1.807, 2.05) is 19.1 Å². The van der Waals surface area contributed by atoms with Crippen LogP contribution < -0.4 is 0 Å². The van der Waals surface area contributed by atoms with E-state index in [1.165, 1.54) is 0 Å². The third-order valence-electron chi connectivity index (χ3n) is 2.59. The third kappa shape index (κ3) is 4.06. The number of benzene rings is 1.